The molecule has 13 heteroatoms. The number of fused-ring (bicyclic) bond motifs is 1. The minimum atomic E-state index is -3.61. The van der Waals surface area contributed by atoms with Crippen molar-refractivity contribution in [2.24, 2.45) is 0 Å². The molecule has 2 aliphatic rings. The Hall–Kier alpha value is -3.32. The molecule has 0 bridgehead atoms. The Bertz CT molecular complexity index is 1490. The summed E-state index contributed by atoms with van der Waals surface area (Å²) in [6.45, 7) is 1.23. The number of benzene rings is 1. The molecule has 2 amide bonds. The van der Waals surface area contributed by atoms with Crippen LogP contribution in [0.25, 0.3) is 22.2 Å². The van der Waals surface area contributed by atoms with Crippen LogP contribution < -0.4 is 15.4 Å². The molecular weight excluding hydrogens is 533 g/mol. The first-order valence-electron chi connectivity index (χ1n) is 13.0. The number of halogens is 3. The predicted molar refractivity (Wildman–Crippen MR) is 142 cm³/mol. The highest BCUT2D eigenvalue weighted by Crippen LogP contribution is 2.34. The van der Waals surface area contributed by atoms with E-state index in [1.54, 1.807) is 4.90 Å². The van der Waals surface area contributed by atoms with Crippen LogP contribution in [0, 0.1) is 17.5 Å². The second-order valence-electron chi connectivity index (χ2n) is 10.3. The maximum absolute atomic E-state index is 15.3. The molecule has 3 aromatic rings. The summed E-state index contributed by atoms with van der Waals surface area (Å²) in [5, 5.41) is 6.43. The topological polar surface area (TPSA) is 119 Å². The third kappa shape index (κ3) is 6.30. The third-order valence-corrected chi connectivity index (χ3v) is 7.95. The molecule has 1 saturated heterocycles. The molecule has 3 heterocycles. The van der Waals surface area contributed by atoms with Gasteiger partial charge in [-0.15, -0.1) is 0 Å². The summed E-state index contributed by atoms with van der Waals surface area (Å²) < 4.78 is 69.5. The van der Waals surface area contributed by atoms with Gasteiger partial charge in [0.15, 0.2) is 11.6 Å². The first kappa shape index (κ1) is 27.3. The van der Waals surface area contributed by atoms with Crippen LogP contribution in [-0.4, -0.2) is 60.7 Å². The average Bonchev–Trinajstić information content (AvgIpc) is 3.55. The molecule has 1 aromatic carbocycles. The minimum Gasteiger partial charge on any atom is -0.365 e. The summed E-state index contributed by atoms with van der Waals surface area (Å²) in [5.74, 6) is -2.33. The smallest absolute Gasteiger partial charge is 0.317 e. The number of aromatic nitrogens is 2. The van der Waals surface area contributed by atoms with Crippen LogP contribution in [0.5, 0.6) is 0 Å². The van der Waals surface area contributed by atoms with Crippen molar-refractivity contribution in [2.75, 3.05) is 24.7 Å². The molecule has 2 aromatic heterocycles. The van der Waals surface area contributed by atoms with E-state index < -0.39 is 27.5 Å². The van der Waals surface area contributed by atoms with Crippen LogP contribution in [0.3, 0.4) is 0 Å². The molecule has 0 radical (unpaired) electrons. The zero-order valence-electron chi connectivity index (χ0n) is 21.5. The number of H-pyrrole nitrogens is 1. The fourth-order valence-corrected chi connectivity index (χ4v) is 5.80. The SMILES string of the molecule is CS(=O)(=O)NCc1cc(F)c(NC2CCCC(NC(=O)N3CCCC3)C2)nc1-c1c[nH]c2c(F)cc(F)cc12. The number of nitrogens with zero attached hydrogens (tertiary/aromatic N) is 2. The predicted octanol–water partition coefficient (Wildman–Crippen LogP) is 4.22. The number of carbonyl (C=O) groups excluding carboxylic acids is 1. The average molecular weight is 565 g/mol. The van der Waals surface area contributed by atoms with E-state index in [4.69, 9.17) is 0 Å². The van der Waals surface area contributed by atoms with E-state index in [1.165, 1.54) is 12.3 Å². The zero-order valence-corrected chi connectivity index (χ0v) is 22.3. The number of anilines is 1. The van der Waals surface area contributed by atoms with Gasteiger partial charge in [0.1, 0.15) is 11.6 Å². The number of pyridine rings is 1. The van der Waals surface area contributed by atoms with E-state index in [0.29, 0.717) is 12.0 Å². The molecule has 39 heavy (non-hydrogen) atoms. The van der Waals surface area contributed by atoms with Gasteiger partial charge >= 0.3 is 6.03 Å². The first-order valence-corrected chi connectivity index (χ1v) is 14.9. The maximum atomic E-state index is 15.3. The van der Waals surface area contributed by atoms with Crippen molar-refractivity contribution < 1.29 is 26.4 Å². The van der Waals surface area contributed by atoms with Gasteiger partial charge in [-0.2, -0.15) is 0 Å². The molecule has 1 aliphatic heterocycles. The van der Waals surface area contributed by atoms with Crippen molar-refractivity contribution in [3.8, 4) is 11.3 Å². The Labute approximate surface area is 224 Å². The van der Waals surface area contributed by atoms with E-state index in [2.05, 4.69) is 25.3 Å². The summed E-state index contributed by atoms with van der Waals surface area (Å²) in [4.78, 5) is 21.6. The lowest BCUT2D eigenvalue weighted by atomic mass is 9.91. The van der Waals surface area contributed by atoms with Gasteiger partial charge in [0.05, 0.1) is 17.5 Å². The van der Waals surface area contributed by atoms with Crippen LogP contribution in [-0.2, 0) is 16.6 Å². The van der Waals surface area contributed by atoms with Crippen LogP contribution in [0.1, 0.15) is 44.1 Å². The molecule has 2 unspecified atom stereocenters. The highest BCUT2D eigenvalue weighted by Gasteiger charge is 2.27. The molecule has 5 rings (SSSR count). The second kappa shape index (κ2) is 11.0. The fraction of sp³-hybridized carbons (Fsp3) is 0.462. The van der Waals surface area contributed by atoms with Gasteiger partial charge in [0.25, 0.3) is 0 Å². The minimum absolute atomic E-state index is 0.0536. The molecule has 1 aliphatic carbocycles. The van der Waals surface area contributed by atoms with Gasteiger partial charge in [0, 0.05) is 54.9 Å². The van der Waals surface area contributed by atoms with Crippen molar-refractivity contribution in [3.63, 3.8) is 0 Å². The summed E-state index contributed by atoms with van der Waals surface area (Å²) in [5.41, 5.74) is 0.739. The number of hydrogen-bond acceptors (Lipinski definition) is 5. The Balaban J connectivity index is 1.43. The Morgan fingerprint density at radius 2 is 1.82 bits per heavy atom. The number of sulfonamides is 1. The molecule has 210 valence electrons. The van der Waals surface area contributed by atoms with Crippen LogP contribution in [0.2, 0.25) is 0 Å². The quantitative estimate of drug-likeness (QED) is 0.343. The van der Waals surface area contributed by atoms with Gasteiger partial charge < -0.3 is 20.5 Å². The highest BCUT2D eigenvalue weighted by atomic mass is 32.2. The second-order valence-corrected chi connectivity index (χ2v) is 12.1. The Kier molecular flexibility index (Phi) is 7.72. The zero-order chi connectivity index (χ0) is 27.7. The molecule has 2 fully saturated rings. The van der Waals surface area contributed by atoms with Crippen molar-refractivity contribution >= 4 is 32.8 Å². The van der Waals surface area contributed by atoms with E-state index >= 15 is 4.39 Å². The largest absolute Gasteiger partial charge is 0.365 e. The molecule has 9 nitrogen and oxygen atoms in total. The van der Waals surface area contributed by atoms with E-state index in [0.717, 1.165) is 63.6 Å². The lowest BCUT2D eigenvalue weighted by Gasteiger charge is -2.32. The van der Waals surface area contributed by atoms with Gasteiger partial charge in [-0.1, -0.05) is 0 Å². The third-order valence-electron chi connectivity index (χ3n) is 7.28. The lowest BCUT2D eigenvalue weighted by molar-refractivity contribution is 0.199. The molecule has 0 spiro atoms. The number of likely N-dealkylation sites (tertiary alicyclic amines) is 1. The molecule has 4 N–H and O–H groups in total. The van der Waals surface area contributed by atoms with Crippen molar-refractivity contribution in [1.29, 1.82) is 0 Å². The van der Waals surface area contributed by atoms with E-state index in [9.17, 15) is 22.0 Å². The van der Waals surface area contributed by atoms with Crippen molar-refractivity contribution in [2.45, 2.75) is 57.2 Å². The van der Waals surface area contributed by atoms with Crippen molar-refractivity contribution in [1.82, 2.24) is 24.9 Å². The summed E-state index contributed by atoms with van der Waals surface area (Å²) >= 11 is 0. The fourth-order valence-electron chi connectivity index (χ4n) is 5.39. The number of urea groups is 1. The molecule has 1 saturated carbocycles. The van der Waals surface area contributed by atoms with Gasteiger partial charge in [0.2, 0.25) is 10.0 Å². The maximum Gasteiger partial charge on any atom is 0.317 e. The van der Waals surface area contributed by atoms with Crippen LogP contribution >= 0.6 is 0 Å². The van der Waals surface area contributed by atoms with Gasteiger partial charge in [-0.25, -0.2) is 36.1 Å². The highest BCUT2D eigenvalue weighted by molar-refractivity contribution is 7.88. The number of nitrogens with one attached hydrogen (secondary N) is 4. The van der Waals surface area contributed by atoms with Crippen LogP contribution in [0.15, 0.2) is 24.4 Å². The van der Waals surface area contributed by atoms with Crippen LogP contribution in [0.4, 0.5) is 23.8 Å². The standard InChI is InChI=1S/C26H31F3N6O3S/c1-39(37,38)31-13-15-9-22(29)25(34-23(15)20-14-30-24-19(20)10-16(27)11-21(24)28)32-17-5-4-6-18(12-17)33-26(36)35-7-2-3-8-35/h9-11,14,17-18,30-31H,2-8,12-13H2,1H3,(H,32,34)(H,33,36). The molecule has 2 atom stereocenters. The van der Waals surface area contributed by atoms with Gasteiger partial charge in [-0.05, 0) is 56.2 Å². The Morgan fingerprint density at radius 3 is 2.56 bits per heavy atom. The first-order chi connectivity index (χ1) is 18.6. The summed E-state index contributed by atoms with van der Waals surface area (Å²) in [6.07, 6.45) is 7.39. The van der Waals surface area contributed by atoms with Crippen molar-refractivity contribution in [3.05, 3.63) is 47.4 Å². The monoisotopic (exact) mass is 564 g/mol. The summed E-state index contributed by atoms with van der Waals surface area (Å²) in [6, 6.07) is 2.76. The number of rotatable bonds is 7. The van der Waals surface area contributed by atoms with Gasteiger partial charge in [-0.3, -0.25) is 0 Å². The lowest BCUT2D eigenvalue weighted by Crippen LogP contribution is -2.47. The van der Waals surface area contributed by atoms with E-state index in [-0.39, 0.29) is 52.6 Å². The number of aromatic amines is 1. The normalized spacial score (nSPS) is 19.9. The number of carbonyl (C=O) groups is 1. The Morgan fingerprint density at radius 1 is 1.08 bits per heavy atom. The number of amides is 2. The molecular formula is C26H31F3N6O3S. The van der Waals surface area contributed by atoms with E-state index in [1.807, 2.05) is 0 Å². The number of hydrogen-bond donors (Lipinski definition) is 4. The summed E-state index contributed by atoms with van der Waals surface area (Å²) in [7, 11) is -3.61.